The van der Waals surface area contributed by atoms with Gasteiger partial charge in [-0.25, -0.2) is 0 Å². The van der Waals surface area contributed by atoms with Crippen molar-refractivity contribution >= 4 is 16.2 Å². The number of aliphatic hydroxyl groups excluding tert-OH is 1. The number of Topliss-reactive ketones (excluding diaryl/α,β-unsaturated/α-hetero) is 1. The van der Waals surface area contributed by atoms with Crippen molar-refractivity contribution in [2.24, 2.45) is 5.92 Å². The maximum Gasteiger partial charge on any atom is 0.394 e. The molecule has 4 aliphatic rings. The Bertz CT molecular complexity index is 412. The molecular formula is C10H17NO6S. The molecule has 0 amide bonds. The van der Waals surface area contributed by atoms with E-state index >= 15 is 0 Å². The summed E-state index contributed by atoms with van der Waals surface area (Å²) in [5.74, 6) is 0.761. The van der Waals surface area contributed by atoms with Gasteiger partial charge in [-0.3, -0.25) is 18.8 Å². The predicted octanol–water partition coefficient (Wildman–Crippen LogP) is -0.480. The van der Waals surface area contributed by atoms with Crippen molar-refractivity contribution in [2.75, 3.05) is 6.54 Å². The highest BCUT2D eigenvalue weighted by molar-refractivity contribution is 7.79. The number of hydrogen-bond acceptors (Lipinski definition) is 5. The van der Waals surface area contributed by atoms with Crippen molar-refractivity contribution in [1.82, 2.24) is 4.90 Å². The van der Waals surface area contributed by atoms with Gasteiger partial charge in [-0.15, -0.1) is 0 Å². The molecule has 0 aliphatic carbocycles. The van der Waals surface area contributed by atoms with Crippen LogP contribution in [0.3, 0.4) is 0 Å². The van der Waals surface area contributed by atoms with Crippen LogP contribution in [-0.4, -0.2) is 58.0 Å². The number of rotatable bonds is 0. The van der Waals surface area contributed by atoms with Crippen LogP contribution in [0.15, 0.2) is 0 Å². The highest BCUT2D eigenvalue weighted by Crippen LogP contribution is 2.41. The van der Waals surface area contributed by atoms with Crippen molar-refractivity contribution in [3.63, 3.8) is 0 Å². The molecule has 8 heteroatoms. The Labute approximate surface area is 105 Å². The summed E-state index contributed by atoms with van der Waals surface area (Å²) in [5.41, 5.74) is 0. The zero-order valence-electron chi connectivity index (χ0n) is 9.77. The number of piperidine rings is 4. The van der Waals surface area contributed by atoms with E-state index in [1.165, 1.54) is 0 Å². The normalized spacial score (nSPS) is 42.2. The van der Waals surface area contributed by atoms with E-state index in [0.717, 1.165) is 25.7 Å². The van der Waals surface area contributed by atoms with Crippen LogP contribution in [0.25, 0.3) is 0 Å². The van der Waals surface area contributed by atoms with Gasteiger partial charge in [-0.05, 0) is 25.7 Å². The molecule has 4 saturated heterocycles. The fraction of sp³-hybridized carbons (Fsp3) is 0.900. The average Bonchev–Trinajstić information content (AvgIpc) is 2.15. The van der Waals surface area contributed by atoms with Crippen molar-refractivity contribution in [3.05, 3.63) is 0 Å². The molecule has 4 heterocycles. The van der Waals surface area contributed by atoms with E-state index in [9.17, 15) is 9.90 Å². The van der Waals surface area contributed by atoms with E-state index in [2.05, 4.69) is 4.90 Å². The molecule has 3 N–H and O–H groups in total. The highest BCUT2D eigenvalue weighted by Gasteiger charge is 2.48. The van der Waals surface area contributed by atoms with Crippen LogP contribution in [0.4, 0.5) is 0 Å². The summed E-state index contributed by atoms with van der Waals surface area (Å²) in [6, 6.07) is 1.01. The van der Waals surface area contributed by atoms with Gasteiger partial charge in [0.1, 0.15) is 5.78 Å². The van der Waals surface area contributed by atoms with E-state index in [-0.39, 0.29) is 6.10 Å². The molecule has 0 radical (unpaired) electrons. The Morgan fingerprint density at radius 3 is 1.89 bits per heavy atom. The summed E-state index contributed by atoms with van der Waals surface area (Å²) < 4.78 is 31.6. The summed E-state index contributed by atoms with van der Waals surface area (Å²) in [6.45, 7) is 0.659. The minimum atomic E-state index is -4.67. The number of aliphatic hydroxyl groups is 1. The number of carbonyl (C=O) groups excluding carboxylic acids is 1. The molecule has 0 aromatic heterocycles. The molecule has 2 unspecified atom stereocenters. The Kier molecular flexibility index (Phi) is 3.75. The molecule has 0 aromatic carbocycles. The van der Waals surface area contributed by atoms with E-state index in [4.69, 9.17) is 17.5 Å². The monoisotopic (exact) mass is 279 g/mol. The molecular weight excluding hydrogens is 262 g/mol. The third kappa shape index (κ3) is 3.27. The van der Waals surface area contributed by atoms with Crippen LogP contribution < -0.4 is 0 Å². The van der Waals surface area contributed by atoms with Gasteiger partial charge in [-0.2, -0.15) is 8.42 Å². The smallest absolute Gasteiger partial charge is 0.393 e. The maximum atomic E-state index is 11.5. The molecule has 0 aromatic rings. The second-order valence-corrected chi connectivity index (χ2v) is 6.08. The molecule has 0 saturated carbocycles. The third-order valence-electron chi connectivity index (χ3n) is 3.93. The lowest BCUT2D eigenvalue weighted by atomic mass is 9.72. The summed E-state index contributed by atoms with van der Waals surface area (Å²) in [4.78, 5) is 13.8. The van der Waals surface area contributed by atoms with Gasteiger partial charge in [0.25, 0.3) is 0 Å². The van der Waals surface area contributed by atoms with Crippen LogP contribution in [-0.2, 0) is 15.2 Å². The van der Waals surface area contributed by atoms with Gasteiger partial charge in [0, 0.05) is 18.0 Å². The molecule has 4 aliphatic heterocycles. The van der Waals surface area contributed by atoms with Gasteiger partial charge in [0.05, 0.1) is 12.6 Å². The lowest BCUT2D eigenvalue weighted by Gasteiger charge is -2.53. The quantitative estimate of drug-likeness (QED) is 0.513. The van der Waals surface area contributed by atoms with Gasteiger partial charge >= 0.3 is 10.4 Å². The van der Waals surface area contributed by atoms with Crippen molar-refractivity contribution in [2.45, 2.75) is 43.9 Å². The molecule has 4 fully saturated rings. The molecule has 18 heavy (non-hydrogen) atoms. The van der Waals surface area contributed by atoms with Crippen LogP contribution in [0, 0.1) is 5.92 Å². The second-order valence-electron chi connectivity index (χ2n) is 5.19. The molecule has 7 nitrogen and oxygen atoms in total. The fourth-order valence-electron chi connectivity index (χ4n) is 3.34. The lowest BCUT2D eigenvalue weighted by Crippen LogP contribution is -2.62. The number of ketones is 1. The minimum Gasteiger partial charge on any atom is -0.393 e. The standard InChI is InChI=1S/C10H15NO2.H2O4S/c12-9-3-7-1-6-2-8(4-9)11(7)5-10(6)13;1-5(2,3)4/h6-9,12H,1-5H2;(H2,1,2,3,4). The van der Waals surface area contributed by atoms with Gasteiger partial charge in [-0.1, -0.05) is 0 Å². The zero-order chi connectivity index (χ0) is 13.5. The van der Waals surface area contributed by atoms with Crippen molar-refractivity contribution in [1.29, 1.82) is 0 Å². The van der Waals surface area contributed by atoms with E-state index < -0.39 is 10.4 Å². The van der Waals surface area contributed by atoms with Crippen LogP contribution in [0.2, 0.25) is 0 Å². The first-order chi connectivity index (χ1) is 8.24. The number of carbonyl (C=O) groups is 1. The van der Waals surface area contributed by atoms with Gasteiger partial charge in [0.2, 0.25) is 0 Å². The predicted molar refractivity (Wildman–Crippen MR) is 61.4 cm³/mol. The Morgan fingerprint density at radius 2 is 1.50 bits per heavy atom. The molecule has 4 rings (SSSR count). The number of fused-ring (bicyclic) bond motifs is 1. The minimum absolute atomic E-state index is 0.111. The highest BCUT2D eigenvalue weighted by atomic mass is 32.3. The molecule has 0 spiro atoms. The maximum absolute atomic E-state index is 11.5. The fourth-order valence-corrected chi connectivity index (χ4v) is 3.34. The van der Waals surface area contributed by atoms with E-state index in [0.29, 0.717) is 30.3 Å². The summed E-state index contributed by atoms with van der Waals surface area (Å²) in [6.07, 6.45) is 3.68. The molecule has 104 valence electrons. The SMILES string of the molecule is O=C1CN2C3CC(O)CC2CC1C3.O=S(=O)(O)O. The van der Waals surface area contributed by atoms with Gasteiger partial charge < -0.3 is 5.11 Å². The summed E-state index contributed by atoms with van der Waals surface area (Å²) >= 11 is 0. The van der Waals surface area contributed by atoms with Crippen LogP contribution in [0.5, 0.6) is 0 Å². The zero-order valence-corrected chi connectivity index (χ0v) is 10.6. The Balaban J connectivity index is 0.000000209. The third-order valence-corrected chi connectivity index (χ3v) is 3.93. The van der Waals surface area contributed by atoms with Gasteiger partial charge in [0.15, 0.2) is 0 Å². The second kappa shape index (κ2) is 4.86. The number of nitrogens with zero attached hydrogens (tertiary/aromatic N) is 1. The Hall–Kier alpha value is -0.540. The lowest BCUT2D eigenvalue weighted by molar-refractivity contribution is -0.144. The largest absolute Gasteiger partial charge is 0.394 e. The first kappa shape index (κ1) is 13.9. The first-order valence-corrected chi connectivity index (χ1v) is 7.30. The summed E-state index contributed by atoms with van der Waals surface area (Å²) in [5, 5.41) is 9.60. The van der Waals surface area contributed by atoms with E-state index in [1.807, 2.05) is 0 Å². The Morgan fingerprint density at radius 1 is 1.06 bits per heavy atom. The molecule has 2 atom stereocenters. The first-order valence-electron chi connectivity index (χ1n) is 5.90. The van der Waals surface area contributed by atoms with E-state index in [1.54, 1.807) is 0 Å². The topological polar surface area (TPSA) is 115 Å². The number of hydrogen-bond donors (Lipinski definition) is 3. The average molecular weight is 279 g/mol. The summed E-state index contributed by atoms with van der Waals surface area (Å²) in [7, 11) is -4.67. The van der Waals surface area contributed by atoms with Crippen molar-refractivity contribution < 1.29 is 27.4 Å². The van der Waals surface area contributed by atoms with Crippen molar-refractivity contribution in [3.8, 4) is 0 Å². The molecule has 4 bridgehead atoms. The van der Waals surface area contributed by atoms with Crippen LogP contribution >= 0.6 is 0 Å². The van der Waals surface area contributed by atoms with Crippen LogP contribution in [0.1, 0.15) is 25.7 Å².